The van der Waals surface area contributed by atoms with Crippen molar-refractivity contribution in [1.29, 1.82) is 0 Å². The zero-order valence-electron chi connectivity index (χ0n) is 9.39. The maximum absolute atomic E-state index is 11.1. The van der Waals surface area contributed by atoms with Crippen LogP contribution in [-0.4, -0.2) is 28.6 Å². The number of piperidine rings is 1. The highest BCUT2D eigenvalue weighted by atomic mass is 16.4. The highest BCUT2D eigenvalue weighted by Gasteiger charge is 2.22. The van der Waals surface area contributed by atoms with Gasteiger partial charge in [0.05, 0.1) is 17.4 Å². The average molecular weight is 220 g/mol. The first-order chi connectivity index (χ1) is 7.70. The van der Waals surface area contributed by atoms with E-state index in [-0.39, 0.29) is 0 Å². The molecule has 1 aromatic heterocycles. The monoisotopic (exact) mass is 220 g/mol. The summed E-state index contributed by atoms with van der Waals surface area (Å²) in [6, 6.07) is 1.97. The fraction of sp³-hybridized carbons (Fsp3) is 0.500. The van der Waals surface area contributed by atoms with Gasteiger partial charge in [-0.1, -0.05) is 0 Å². The largest absolute Gasteiger partial charge is 0.478 e. The molecule has 0 bridgehead atoms. The van der Waals surface area contributed by atoms with Gasteiger partial charge < -0.3 is 10.0 Å². The molecule has 2 heterocycles. The van der Waals surface area contributed by atoms with Crippen molar-refractivity contribution in [1.82, 2.24) is 4.98 Å². The summed E-state index contributed by atoms with van der Waals surface area (Å²) in [5.41, 5.74) is 1.10. The van der Waals surface area contributed by atoms with E-state index in [1.807, 2.05) is 0 Å². The SMILES string of the molecule is CC1CCCCN1c1cnccc1C(=O)O. The number of nitrogens with zero attached hydrogens (tertiary/aromatic N) is 2. The van der Waals surface area contributed by atoms with Gasteiger partial charge in [0.25, 0.3) is 0 Å². The van der Waals surface area contributed by atoms with Gasteiger partial charge in [-0.2, -0.15) is 0 Å². The molecular weight excluding hydrogens is 204 g/mol. The lowest BCUT2D eigenvalue weighted by Gasteiger charge is -2.35. The predicted molar refractivity (Wildman–Crippen MR) is 61.9 cm³/mol. The van der Waals surface area contributed by atoms with E-state index in [9.17, 15) is 4.79 Å². The van der Waals surface area contributed by atoms with Crippen molar-refractivity contribution >= 4 is 11.7 Å². The van der Waals surface area contributed by atoms with Gasteiger partial charge in [-0.3, -0.25) is 4.98 Å². The highest BCUT2D eigenvalue weighted by Crippen LogP contribution is 2.26. The Bertz CT molecular complexity index is 392. The molecule has 1 aliphatic heterocycles. The van der Waals surface area contributed by atoms with E-state index in [4.69, 9.17) is 5.11 Å². The lowest BCUT2D eigenvalue weighted by molar-refractivity contribution is 0.0697. The van der Waals surface area contributed by atoms with Crippen LogP contribution in [0.3, 0.4) is 0 Å². The van der Waals surface area contributed by atoms with Crippen LogP contribution >= 0.6 is 0 Å². The molecule has 4 nitrogen and oxygen atoms in total. The van der Waals surface area contributed by atoms with Crippen molar-refractivity contribution in [2.75, 3.05) is 11.4 Å². The summed E-state index contributed by atoms with van der Waals surface area (Å²) in [4.78, 5) is 17.3. The lowest BCUT2D eigenvalue weighted by Crippen LogP contribution is -2.38. The molecule has 86 valence electrons. The maximum atomic E-state index is 11.1. The molecule has 0 spiro atoms. The second-order valence-electron chi connectivity index (χ2n) is 4.24. The summed E-state index contributed by atoms with van der Waals surface area (Å²) in [5.74, 6) is -0.879. The first-order valence-electron chi connectivity index (χ1n) is 5.64. The summed E-state index contributed by atoms with van der Waals surface area (Å²) in [6.45, 7) is 3.06. The summed E-state index contributed by atoms with van der Waals surface area (Å²) in [7, 11) is 0. The standard InChI is InChI=1S/C12H16N2O2/c1-9-4-2-3-7-14(9)11-8-13-6-5-10(11)12(15)16/h5-6,8-9H,2-4,7H2,1H3,(H,15,16). The van der Waals surface area contributed by atoms with E-state index >= 15 is 0 Å². The maximum Gasteiger partial charge on any atom is 0.337 e. The molecule has 1 N–H and O–H groups in total. The second kappa shape index (κ2) is 4.51. The van der Waals surface area contributed by atoms with E-state index in [1.54, 1.807) is 12.3 Å². The summed E-state index contributed by atoms with van der Waals surface area (Å²) < 4.78 is 0. The van der Waals surface area contributed by atoms with Gasteiger partial charge in [-0.05, 0) is 32.3 Å². The zero-order chi connectivity index (χ0) is 11.5. The number of hydrogen-bond donors (Lipinski definition) is 1. The Morgan fingerprint density at radius 2 is 2.38 bits per heavy atom. The van der Waals surface area contributed by atoms with Crippen LogP contribution < -0.4 is 4.90 Å². The molecule has 1 aromatic rings. The molecule has 1 aliphatic rings. The fourth-order valence-corrected chi connectivity index (χ4v) is 2.25. The van der Waals surface area contributed by atoms with Crippen LogP contribution in [-0.2, 0) is 0 Å². The van der Waals surface area contributed by atoms with Crippen LogP contribution in [0.2, 0.25) is 0 Å². The smallest absolute Gasteiger partial charge is 0.337 e. The van der Waals surface area contributed by atoms with Crippen LogP contribution in [0.15, 0.2) is 18.5 Å². The fourth-order valence-electron chi connectivity index (χ4n) is 2.25. The van der Waals surface area contributed by atoms with Gasteiger partial charge in [0.1, 0.15) is 0 Å². The summed E-state index contributed by atoms with van der Waals surface area (Å²) in [5, 5.41) is 9.13. The molecule has 1 saturated heterocycles. The van der Waals surface area contributed by atoms with Crippen molar-refractivity contribution in [3.63, 3.8) is 0 Å². The molecular formula is C12H16N2O2. The molecule has 4 heteroatoms. The molecule has 0 amide bonds. The number of carbonyl (C=O) groups is 1. The van der Waals surface area contributed by atoms with Crippen molar-refractivity contribution in [2.24, 2.45) is 0 Å². The third-order valence-electron chi connectivity index (χ3n) is 3.14. The molecule has 16 heavy (non-hydrogen) atoms. The number of pyridine rings is 1. The number of carboxylic acid groups (broad SMARTS) is 1. The minimum absolute atomic E-state index is 0.351. The number of hydrogen-bond acceptors (Lipinski definition) is 3. The van der Waals surface area contributed by atoms with Crippen molar-refractivity contribution in [3.05, 3.63) is 24.0 Å². The molecule has 0 aromatic carbocycles. The van der Waals surface area contributed by atoms with E-state index in [2.05, 4.69) is 16.8 Å². The Balaban J connectivity index is 2.34. The van der Waals surface area contributed by atoms with Gasteiger partial charge in [0, 0.05) is 18.8 Å². The van der Waals surface area contributed by atoms with E-state index in [1.165, 1.54) is 12.6 Å². The number of carboxylic acids is 1. The topological polar surface area (TPSA) is 53.4 Å². The van der Waals surface area contributed by atoms with Crippen LogP contribution in [0.5, 0.6) is 0 Å². The number of rotatable bonds is 2. The van der Waals surface area contributed by atoms with E-state index in [0.29, 0.717) is 11.6 Å². The van der Waals surface area contributed by atoms with Crippen molar-refractivity contribution in [3.8, 4) is 0 Å². The van der Waals surface area contributed by atoms with Crippen LogP contribution in [0, 0.1) is 0 Å². The minimum Gasteiger partial charge on any atom is -0.478 e. The molecule has 1 unspecified atom stereocenters. The van der Waals surface area contributed by atoms with Gasteiger partial charge >= 0.3 is 5.97 Å². The molecule has 0 saturated carbocycles. The molecule has 0 radical (unpaired) electrons. The van der Waals surface area contributed by atoms with Gasteiger partial charge in [0.15, 0.2) is 0 Å². The lowest BCUT2D eigenvalue weighted by atomic mass is 10.0. The Morgan fingerprint density at radius 1 is 1.56 bits per heavy atom. The number of aromatic carboxylic acids is 1. The molecule has 2 rings (SSSR count). The van der Waals surface area contributed by atoms with Gasteiger partial charge in [-0.15, -0.1) is 0 Å². The van der Waals surface area contributed by atoms with Gasteiger partial charge in [-0.25, -0.2) is 4.79 Å². The number of aromatic nitrogens is 1. The Kier molecular flexibility index (Phi) is 3.08. The first-order valence-corrected chi connectivity index (χ1v) is 5.64. The van der Waals surface area contributed by atoms with E-state index < -0.39 is 5.97 Å². The number of anilines is 1. The van der Waals surface area contributed by atoms with Crippen molar-refractivity contribution < 1.29 is 9.90 Å². The minimum atomic E-state index is -0.879. The van der Waals surface area contributed by atoms with Crippen LogP contribution in [0.4, 0.5) is 5.69 Å². The van der Waals surface area contributed by atoms with Gasteiger partial charge in [0.2, 0.25) is 0 Å². The summed E-state index contributed by atoms with van der Waals surface area (Å²) >= 11 is 0. The molecule has 1 fully saturated rings. The first kappa shape index (κ1) is 10.9. The van der Waals surface area contributed by atoms with Crippen LogP contribution in [0.25, 0.3) is 0 Å². The third kappa shape index (κ3) is 2.01. The predicted octanol–water partition coefficient (Wildman–Crippen LogP) is 2.16. The Labute approximate surface area is 94.9 Å². The average Bonchev–Trinajstić information content (AvgIpc) is 2.29. The van der Waals surface area contributed by atoms with E-state index in [0.717, 1.165) is 25.1 Å². The third-order valence-corrected chi connectivity index (χ3v) is 3.14. The Morgan fingerprint density at radius 3 is 3.06 bits per heavy atom. The Hall–Kier alpha value is -1.58. The highest BCUT2D eigenvalue weighted by molar-refractivity contribution is 5.94. The molecule has 0 aliphatic carbocycles. The quantitative estimate of drug-likeness (QED) is 0.829. The molecule has 1 atom stereocenters. The second-order valence-corrected chi connectivity index (χ2v) is 4.24. The van der Waals surface area contributed by atoms with Crippen molar-refractivity contribution in [2.45, 2.75) is 32.2 Å². The summed E-state index contributed by atoms with van der Waals surface area (Å²) in [6.07, 6.45) is 6.65. The zero-order valence-corrected chi connectivity index (χ0v) is 9.39. The normalized spacial score (nSPS) is 20.8. The van der Waals surface area contributed by atoms with Crippen LogP contribution in [0.1, 0.15) is 36.5 Å².